The smallest absolute Gasteiger partial charge is 0.162 e. The molecule has 0 saturated carbocycles. The zero-order valence-corrected chi connectivity index (χ0v) is 14.5. The minimum absolute atomic E-state index is 0.311. The van der Waals surface area contributed by atoms with Crippen molar-refractivity contribution < 1.29 is 9.13 Å². The number of nitrogens with zero attached hydrogens (tertiary/aromatic N) is 2. The van der Waals surface area contributed by atoms with Crippen molar-refractivity contribution in [2.45, 2.75) is 13.5 Å². The third-order valence-electron chi connectivity index (χ3n) is 2.67. The van der Waals surface area contributed by atoms with E-state index in [0.29, 0.717) is 28.8 Å². The Balaban J connectivity index is 2.56. The van der Waals surface area contributed by atoms with Crippen LogP contribution in [-0.2, 0) is 11.3 Å². The molecule has 0 spiro atoms. The van der Waals surface area contributed by atoms with Crippen LogP contribution in [0.1, 0.15) is 12.6 Å². The summed E-state index contributed by atoms with van der Waals surface area (Å²) in [7, 11) is 1.60. The number of hydrogen-bond donors (Lipinski definition) is 1. The highest BCUT2D eigenvalue weighted by molar-refractivity contribution is 14.1. The van der Waals surface area contributed by atoms with Crippen LogP contribution >= 0.6 is 34.2 Å². The van der Waals surface area contributed by atoms with E-state index in [1.54, 1.807) is 13.2 Å². The molecule has 2 rings (SSSR count). The van der Waals surface area contributed by atoms with Gasteiger partial charge in [-0.05, 0) is 47.7 Å². The van der Waals surface area contributed by atoms with Crippen molar-refractivity contribution in [3.63, 3.8) is 0 Å². The van der Waals surface area contributed by atoms with Gasteiger partial charge in [0, 0.05) is 24.2 Å². The molecule has 1 aromatic heterocycles. The number of nitrogens with one attached hydrogen (secondary N) is 1. The molecule has 1 heterocycles. The average Bonchev–Trinajstić information content (AvgIpc) is 2.42. The van der Waals surface area contributed by atoms with Crippen molar-refractivity contribution >= 4 is 40.0 Å². The zero-order valence-electron chi connectivity index (χ0n) is 11.6. The predicted octanol–water partition coefficient (Wildman–Crippen LogP) is 4.12. The van der Waals surface area contributed by atoms with Gasteiger partial charge in [0.25, 0.3) is 0 Å². The second-order valence-corrected chi connectivity index (χ2v) is 5.79. The van der Waals surface area contributed by atoms with E-state index in [1.807, 2.05) is 6.92 Å². The molecule has 0 aliphatic carbocycles. The summed E-state index contributed by atoms with van der Waals surface area (Å²) in [5.74, 6) is 0.702. The van der Waals surface area contributed by atoms with E-state index >= 15 is 0 Å². The van der Waals surface area contributed by atoms with Crippen LogP contribution in [0.5, 0.6) is 0 Å². The Hall–Kier alpha value is -0.990. The van der Waals surface area contributed by atoms with Gasteiger partial charge in [0.1, 0.15) is 11.6 Å². The molecule has 0 radical (unpaired) electrons. The van der Waals surface area contributed by atoms with E-state index in [4.69, 9.17) is 16.3 Å². The summed E-state index contributed by atoms with van der Waals surface area (Å²) in [6, 6.07) is 4.25. The van der Waals surface area contributed by atoms with Crippen LogP contribution in [0.2, 0.25) is 5.02 Å². The zero-order chi connectivity index (χ0) is 15.4. The Morgan fingerprint density at radius 2 is 2.10 bits per heavy atom. The van der Waals surface area contributed by atoms with Crippen molar-refractivity contribution in [3.8, 4) is 11.4 Å². The van der Waals surface area contributed by atoms with Gasteiger partial charge in [-0.3, -0.25) is 0 Å². The molecule has 7 heteroatoms. The van der Waals surface area contributed by atoms with E-state index in [2.05, 4.69) is 37.9 Å². The first kappa shape index (κ1) is 16.4. The van der Waals surface area contributed by atoms with Crippen molar-refractivity contribution in [2.75, 3.05) is 19.0 Å². The summed E-state index contributed by atoms with van der Waals surface area (Å²) in [5, 5.41) is 3.48. The molecule has 4 nitrogen and oxygen atoms in total. The van der Waals surface area contributed by atoms with Crippen molar-refractivity contribution in [2.24, 2.45) is 0 Å². The second kappa shape index (κ2) is 7.33. The number of ether oxygens (including phenoxy) is 1. The number of methoxy groups -OCH3 is 1. The summed E-state index contributed by atoms with van der Waals surface area (Å²) in [6.07, 6.45) is 0. The molecule has 1 aromatic carbocycles. The normalized spacial score (nSPS) is 10.7. The molecule has 0 aliphatic rings. The van der Waals surface area contributed by atoms with Crippen LogP contribution in [-0.4, -0.2) is 23.6 Å². The fraction of sp³-hybridized carbons (Fsp3) is 0.286. The maximum absolute atomic E-state index is 13.5. The van der Waals surface area contributed by atoms with Crippen molar-refractivity contribution in [1.29, 1.82) is 0 Å². The Kier molecular flexibility index (Phi) is 5.72. The lowest BCUT2D eigenvalue weighted by atomic mass is 10.2. The highest BCUT2D eigenvalue weighted by Gasteiger charge is 2.14. The Labute approximate surface area is 141 Å². The molecule has 1 N–H and O–H groups in total. The van der Waals surface area contributed by atoms with Crippen LogP contribution in [0.25, 0.3) is 11.4 Å². The maximum Gasteiger partial charge on any atom is 0.162 e. The number of halogens is 3. The van der Waals surface area contributed by atoms with Gasteiger partial charge in [0.05, 0.1) is 15.9 Å². The van der Waals surface area contributed by atoms with Gasteiger partial charge in [0.15, 0.2) is 5.82 Å². The van der Waals surface area contributed by atoms with Crippen LogP contribution in [0.15, 0.2) is 18.2 Å². The monoisotopic (exact) mass is 421 g/mol. The quantitative estimate of drug-likeness (QED) is 0.738. The molecule has 0 fully saturated rings. The SMILES string of the molecule is CCNc1nc(-c2cc(F)cc(Cl)c2)nc(COC)c1I. The summed E-state index contributed by atoms with van der Waals surface area (Å²) in [4.78, 5) is 8.90. The predicted molar refractivity (Wildman–Crippen MR) is 90.0 cm³/mol. The lowest BCUT2D eigenvalue weighted by Gasteiger charge is -2.12. The van der Waals surface area contributed by atoms with Crippen molar-refractivity contribution in [3.05, 3.63) is 38.3 Å². The first-order valence-electron chi connectivity index (χ1n) is 6.30. The number of benzene rings is 1. The van der Waals surface area contributed by atoms with Crippen LogP contribution in [0.3, 0.4) is 0 Å². The van der Waals surface area contributed by atoms with Gasteiger partial charge < -0.3 is 10.1 Å². The molecular formula is C14H14ClFIN3O. The van der Waals surface area contributed by atoms with Gasteiger partial charge in [-0.1, -0.05) is 11.6 Å². The summed E-state index contributed by atoms with van der Waals surface area (Å²) >= 11 is 8.07. The van der Waals surface area contributed by atoms with Gasteiger partial charge in [-0.25, -0.2) is 14.4 Å². The third kappa shape index (κ3) is 4.02. The number of rotatable bonds is 5. The highest BCUT2D eigenvalue weighted by Crippen LogP contribution is 2.26. The molecular weight excluding hydrogens is 408 g/mol. The number of aromatic nitrogens is 2. The molecule has 0 amide bonds. The van der Waals surface area contributed by atoms with Crippen LogP contribution in [0, 0.1) is 9.39 Å². The average molecular weight is 422 g/mol. The van der Waals surface area contributed by atoms with E-state index in [9.17, 15) is 4.39 Å². The Morgan fingerprint density at radius 1 is 1.33 bits per heavy atom. The molecule has 0 aliphatic heterocycles. The second-order valence-electron chi connectivity index (χ2n) is 4.28. The highest BCUT2D eigenvalue weighted by atomic mass is 127. The first-order valence-corrected chi connectivity index (χ1v) is 7.76. The van der Waals surface area contributed by atoms with E-state index in [1.165, 1.54) is 12.1 Å². The lowest BCUT2D eigenvalue weighted by Crippen LogP contribution is -2.08. The topological polar surface area (TPSA) is 47.0 Å². The van der Waals surface area contributed by atoms with Crippen molar-refractivity contribution in [1.82, 2.24) is 9.97 Å². The number of hydrogen-bond acceptors (Lipinski definition) is 4. The number of anilines is 1. The maximum atomic E-state index is 13.5. The van der Waals surface area contributed by atoms with Gasteiger partial charge in [-0.15, -0.1) is 0 Å². The largest absolute Gasteiger partial charge is 0.378 e. The first-order chi connectivity index (χ1) is 10.0. The summed E-state index contributed by atoms with van der Waals surface area (Å²) in [5.41, 5.74) is 1.28. The fourth-order valence-corrected chi connectivity index (χ4v) is 2.63. The molecule has 0 unspecified atom stereocenters. The van der Waals surface area contributed by atoms with Crippen LogP contribution < -0.4 is 5.32 Å². The Bertz CT molecular complexity index is 607. The molecule has 0 saturated heterocycles. The third-order valence-corrected chi connectivity index (χ3v) is 4.02. The van der Waals surface area contributed by atoms with Crippen LogP contribution in [0.4, 0.5) is 10.2 Å². The standard InChI is InChI=1S/C14H14ClFIN3O/c1-3-18-14-12(17)11(7-21-2)19-13(20-14)8-4-9(15)6-10(16)5-8/h4-6H,3,7H2,1-2H3,(H,18,19,20). The summed E-state index contributed by atoms with van der Waals surface area (Å²) < 4.78 is 19.6. The minimum atomic E-state index is -0.419. The van der Waals surface area contributed by atoms with Gasteiger partial charge in [-0.2, -0.15) is 0 Å². The molecule has 0 bridgehead atoms. The lowest BCUT2D eigenvalue weighted by molar-refractivity contribution is 0.181. The fourth-order valence-electron chi connectivity index (χ4n) is 1.82. The minimum Gasteiger partial charge on any atom is -0.378 e. The van der Waals surface area contributed by atoms with Gasteiger partial charge in [0.2, 0.25) is 0 Å². The Morgan fingerprint density at radius 3 is 2.71 bits per heavy atom. The molecule has 2 aromatic rings. The molecule has 21 heavy (non-hydrogen) atoms. The van der Waals surface area contributed by atoms with Gasteiger partial charge >= 0.3 is 0 Å². The van der Waals surface area contributed by atoms with E-state index in [0.717, 1.165) is 15.8 Å². The molecule has 112 valence electrons. The summed E-state index contributed by atoms with van der Waals surface area (Å²) in [6.45, 7) is 3.06. The van der Waals surface area contributed by atoms with E-state index < -0.39 is 5.82 Å². The van der Waals surface area contributed by atoms with E-state index in [-0.39, 0.29) is 0 Å². The molecule has 0 atom stereocenters.